The minimum Gasteiger partial charge on any atom is -0.480 e. The van der Waals surface area contributed by atoms with Gasteiger partial charge < -0.3 is 15.3 Å². The molecule has 5 nitrogen and oxygen atoms in total. The maximum atomic E-state index is 11.9. The van der Waals surface area contributed by atoms with Crippen LogP contribution in [0.5, 0.6) is 0 Å². The van der Waals surface area contributed by atoms with E-state index in [1.807, 2.05) is 0 Å². The highest BCUT2D eigenvalue weighted by molar-refractivity contribution is 5.82. The number of hydrogen-bond acceptors (Lipinski definition) is 2. The molecule has 2 bridgehead atoms. The fourth-order valence-corrected chi connectivity index (χ4v) is 2.74. The van der Waals surface area contributed by atoms with Gasteiger partial charge in [-0.1, -0.05) is 6.92 Å². The van der Waals surface area contributed by atoms with Crippen LogP contribution < -0.4 is 5.32 Å². The van der Waals surface area contributed by atoms with Crippen molar-refractivity contribution >= 4 is 12.0 Å². The summed E-state index contributed by atoms with van der Waals surface area (Å²) in [6, 6.07) is -0.621. The van der Waals surface area contributed by atoms with Crippen molar-refractivity contribution in [2.45, 2.75) is 44.7 Å². The molecule has 3 atom stereocenters. The van der Waals surface area contributed by atoms with Crippen molar-refractivity contribution in [3.63, 3.8) is 0 Å². The zero-order valence-corrected chi connectivity index (χ0v) is 9.48. The normalized spacial score (nSPS) is 29.2. The summed E-state index contributed by atoms with van der Waals surface area (Å²) in [7, 11) is 0. The summed E-state index contributed by atoms with van der Waals surface area (Å²) in [5.74, 6) is -0.319. The first-order chi connectivity index (χ1) is 7.61. The molecule has 2 rings (SSSR count). The molecule has 2 amide bonds. The van der Waals surface area contributed by atoms with Crippen LogP contribution in [0.2, 0.25) is 0 Å². The highest BCUT2D eigenvalue weighted by Gasteiger charge is 2.40. The van der Waals surface area contributed by atoms with E-state index in [0.717, 1.165) is 19.4 Å². The average molecular weight is 226 g/mol. The molecule has 0 aromatic heterocycles. The number of urea groups is 1. The Hall–Kier alpha value is -1.26. The number of rotatable bonds is 3. The lowest BCUT2D eigenvalue weighted by Crippen LogP contribution is -2.50. The van der Waals surface area contributed by atoms with E-state index < -0.39 is 12.0 Å². The predicted octanol–water partition coefficient (Wildman–Crippen LogP) is 1.04. The summed E-state index contributed by atoms with van der Waals surface area (Å²) in [6.07, 6.45) is 3.80. The summed E-state index contributed by atoms with van der Waals surface area (Å²) < 4.78 is 0. The lowest BCUT2D eigenvalue weighted by molar-refractivity contribution is -0.139. The van der Waals surface area contributed by atoms with Crippen molar-refractivity contribution in [2.75, 3.05) is 6.54 Å². The molecular weight excluding hydrogens is 208 g/mol. The van der Waals surface area contributed by atoms with Gasteiger partial charge in [-0.15, -0.1) is 0 Å². The molecule has 1 aliphatic carbocycles. The van der Waals surface area contributed by atoms with Gasteiger partial charge in [0.1, 0.15) is 6.04 Å². The summed E-state index contributed by atoms with van der Waals surface area (Å²) in [6.45, 7) is 2.56. The number of carbonyl (C=O) groups is 2. The molecule has 2 N–H and O–H groups in total. The molecule has 1 heterocycles. The van der Waals surface area contributed by atoms with E-state index in [-0.39, 0.29) is 6.03 Å². The number of fused-ring (bicyclic) bond motifs is 2. The first-order valence-corrected chi connectivity index (χ1v) is 5.91. The first kappa shape index (κ1) is 11.2. The Morgan fingerprint density at radius 3 is 2.69 bits per heavy atom. The Morgan fingerprint density at radius 2 is 2.25 bits per heavy atom. The van der Waals surface area contributed by atoms with E-state index in [4.69, 9.17) is 5.11 Å². The minimum atomic E-state index is -0.958. The lowest BCUT2D eigenvalue weighted by atomic mass is 10.1. The van der Waals surface area contributed by atoms with Crippen LogP contribution in [-0.4, -0.2) is 40.6 Å². The monoisotopic (exact) mass is 226 g/mol. The van der Waals surface area contributed by atoms with Crippen LogP contribution in [0, 0.1) is 5.92 Å². The van der Waals surface area contributed by atoms with Gasteiger partial charge in [0.2, 0.25) is 0 Å². The fraction of sp³-hybridized carbons (Fsp3) is 0.818. The number of aliphatic carboxylic acids is 1. The summed E-state index contributed by atoms with van der Waals surface area (Å²) >= 11 is 0. The van der Waals surface area contributed by atoms with Gasteiger partial charge in [0.25, 0.3) is 0 Å². The van der Waals surface area contributed by atoms with Crippen molar-refractivity contribution in [1.82, 2.24) is 10.2 Å². The molecule has 1 aliphatic heterocycles. The zero-order valence-electron chi connectivity index (χ0n) is 9.48. The number of likely N-dealkylation sites (tertiary alicyclic amines) is 1. The number of nitrogens with one attached hydrogen (secondary N) is 1. The van der Waals surface area contributed by atoms with Gasteiger partial charge in [0, 0.05) is 12.6 Å². The number of carboxylic acids is 1. The molecule has 2 fully saturated rings. The zero-order chi connectivity index (χ0) is 11.7. The van der Waals surface area contributed by atoms with Gasteiger partial charge >= 0.3 is 12.0 Å². The van der Waals surface area contributed by atoms with Gasteiger partial charge in [-0.25, -0.2) is 9.59 Å². The van der Waals surface area contributed by atoms with E-state index in [9.17, 15) is 9.59 Å². The number of hydrogen-bond donors (Lipinski definition) is 2. The van der Waals surface area contributed by atoms with Crippen molar-refractivity contribution < 1.29 is 14.7 Å². The van der Waals surface area contributed by atoms with Crippen LogP contribution in [0.4, 0.5) is 4.79 Å². The van der Waals surface area contributed by atoms with E-state index in [0.29, 0.717) is 18.4 Å². The molecule has 0 aromatic carbocycles. The third-order valence-corrected chi connectivity index (χ3v) is 3.67. The van der Waals surface area contributed by atoms with Crippen LogP contribution in [-0.2, 0) is 4.79 Å². The average Bonchev–Trinajstić information content (AvgIpc) is 2.86. The number of piperidine rings is 1. The third-order valence-electron chi connectivity index (χ3n) is 3.67. The molecule has 90 valence electrons. The quantitative estimate of drug-likeness (QED) is 0.755. The fourth-order valence-electron chi connectivity index (χ4n) is 2.74. The van der Waals surface area contributed by atoms with Crippen molar-refractivity contribution in [3.8, 4) is 0 Å². The van der Waals surface area contributed by atoms with Crippen LogP contribution in [0.1, 0.15) is 32.6 Å². The highest BCUT2D eigenvalue weighted by Crippen LogP contribution is 2.37. The Bertz CT molecular complexity index is 306. The minimum absolute atomic E-state index is 0.207. The van der Waals surface area contributed by atoms with Gasteiger partial charge in [0.05, 0.1) is 0 Å². The van der Waals surface area contributed by atoms with Crippen molar-refractivity contribution in [1.29, 1.82) is 0 Å². The van der Waals surface area contributed by atoms with Gasteiger partial charge in [-0.2, -0.15) is 0 Å². The van der Waals surface area contributed by atoms with Crippen molar-refractivity contribution in [2.24, 2.45) is 5.92 Å². The largest absolute Gasteiger partial charge is 0.480 e. The number of carboxylic acid groups (broad SMARTS) is 1. The molecule has 2 unspecified atom stereocenters. The van der Waals surface area contributed by atoms with E-state index >= 15 is 0 Å². The van der Waals surface area contributed by atoms with Gasteiger partial charge in [-0.3, -0.25) is 0 Å². The smallest absolute Gasteiger partial charge is 0.326 e. The van der Waals surface area contributed by atoms with Crippen LogP contribution in [0.3, 0.4) is 0 Å². The maximum Gasteiger partial charge on any atom is 0.326 e. The number of amides is 2. The Kier molecular flexibility index (Phi) is 3.03. The number of carbonyl (C=O) groups excluding carboxylic acids is 1. The topological polar surface area (TPSA) is 69.6 Å². The third kappa shape index (κ3) is 1.99. The highest BCUT2D eigenvalue weighted by atomic mass is 16.4. The van der Waals surface area contributed by atoms with Gasteiger partial charge in [-0.05, 0) is 31.6 Å². The van der Waals surface area contributed by atoms with E-state index in [1.165, 1.54) is 6.42 Å². The molecule has 0 spiro atoms. The van der Waals surface area contributed by atoms with Crippen LogP contribution >= 0.6 is 0 Å². The lowest BCUT2D eigenvalue weighted by Gasteiger charge is -2.28. The summed E-state index contributed by atoms with van der Waals surface area (Å²) in [4.78, 5) is 24.5. The van der Waals surface area contributed by atoms with Crippen LogP contribution in [0.25, 0.3) is 0 Å². The SMILES string of the molecule is CC[C@@H](NC(=O)N1CC2CCC1C2)C(=O)O. The summed E-state index contributed by atoms with van der Waals surface area (Å²) in [5, 5.41) is 11.4. The second kappa shape index (κ2) is 4.31. The molecule has 5 heteroatoms. The van der Waals surface area contributed by atoms with E-state index in [1.54, 1.807) is 11.8 Å². The predicted molar refractivity (Wildman–Crippen MR) is 58.1 cm³/mol. The molecule has 0 radical (unpaired) electrons. The van der Waals surface area contributed by atoms with Crippen molar-refractivity contribution in [3.05, 3.63) is 0 Å². The first-order valence-electron chi connectivity index (χ1n) is 5.91. The van der Waals surface area contributed by atoms with Crippen LogP contribution in [0.15, 0.2) is 0 Å². The molecular formula is C11H18N2O3. The molecule has 16 heavy (non-hydrogen) atoms. The second-order valence-electron chi connectivity index (χ2n) is 4.73. The second-order valence-corrected chi connectivity index (χ2v) is 4.73. The Labute approximate surface area is 94.8 Å². The standard InChI is InChI=1S/C11H18N2O3/c1-2-9(10(14)15)12-11(16)13-6-7-3-4-8(13)5-7/h7-9H,2-6H2,1H3,(H,12,16)(H,14,15)/t7?,8?,9-/m1/s1. The molecule has 2 aliphatic rings. The summed E-state index contributed by atoms with van der Waals surface area (Å²) in [5.41, 5.74) is 0. The maximum absolute atomic E-state index is 11.9. The molecule has 1 saturated heterocycles. The Morgan fingerprint density at radius 1 is 1.50 bits per heavy atom. The molecule has 0 aromatic rings. The van der Waals surface area contributed by atoms with Gasteiger partial charge in [0.15, 0.2) is 0 Å². The number of nitrogens with zero attached hydrogens (tertiary/aromatic N) is 1. The molecule has 1 saturated carbocycles. The van der Waals surface area contributed by atoms with E-state index in [2.05, 4.69) is 5.32 Å². The Balaban J connectivity index is 1.90.